The van der Waals surface area contributed by atoms with Gasteiger partial charge >= 0.3 is 5.97 Å². The number of aliphatic hydroxyl groups is 1. The Labute approximate surface area is 297 Å². The van der Waals surface area contributed by atoms with E-state index < -0.39 is 72.2 Å². The van der Waals surface area contributed by atoms with Crippen molar-refractivity contribution in [1.82, 2.24) is 10.2 Å². The van der Waals surface area contributed by atoms with Gasteiger partial charge < -0.3 is 34.4 Å². The number of fused-ring (bicyclic) bond motifs is 2. The molecule has 50 heavy (non-hydrogen) atoms. The molecule has 3 amide bonds. The molecule has 0 saturated carbocycles. The van der Waals surface area contributed by atoms with E-state index in [1.165, 1.54) is 12.0 Å². The number of amides is 3. The van der Waals surface area contributed by atoms with Crippen LogP contribution in [0, 0.1) is 24.7 Å². The van der Waals surface area contributed by atoms with E-state index in [4.69, 9.17) is 25.8 Å². The Morgan fingerprint density at radius 3 is 2.50 bits per heavy atom. The van der Waals surface area contributed by atoms with Crippen LogP contribution >= 0.6 is 11.6 Å². The minimum Gasteiger partial charge on any atom is -0.455 e. The Kier molecular flexibility index (Phi) is 10.5. The predicted octanol–water partition coefficient (Wildman–Crippen LogP) is 3.91. The lowest BCUT2D eigenvalue weighted by Gasteiger charge is -2.40. The van der Waals surface area contributed by atoms with Crippen LogP contribution in [0.4, 0.5) is 5.69 Å². The molecule has 2 aromatic carbocycles. The van der Waals surface area contributed by atoms with Crippen LogP contribution in [0.5, 0.6) is 0 Å². The lowest BCUT2D eigenvalue weighted by atomic mass is 9.77. The number of methoxy groups -OCH3 is 1. The summed E-state index contributed by atoms with van der Waals surface area (Å²) in [7, 11) is 1.50. The molecule has 6 rings (SSSR count). The highest BCUT2D eigenvalue weighted by Crippen LogP contribution is 2.54. The van der Waals surface area contributed by atoms with E-state index in [1.807, 2.05) is 45.0 Å². The largest absolute Gasteiger partial charge is 0.455 e. The number of likely N-dealkylation sites (tertiary alicyclic amines) is 1. The molecule has 8 atom stereocenters. The SMILES string of the molecule is COC[C@@H]1NC(=O)CC/C=C\[C@@H]2O[C@@]34C=CCN(c5c(C)cccc5Cl)C(=O)[C@@H]3N([C@@H](CO)C(C)C)C(=O)[C@H]4[C@@H]2C(=O)O[C@H]1c1ccccc1. The monoisotopic (exact) mass is 705 g/mol. The number of benzene rings is 2. The molecule has 0 aliphatic carbocycles. The summed E-state index contributed by atoms with van der Waals surface area (Å²) in [5.74, 6) is -4.44. The predicted molar refractivity (Wildman–Crippen MR) is 186 cm³/mol. The van der Waals surface area contributed by atoms with Crippen molar-refractivity contribution in [3.8, 4) is 0 Å². The van der Waals surface area contributed by atoms with Gasteiger partial charge in [-0.25, -0.2) is 0 Å². The van der Waals surface area contributed by atoms with Crippen LogP contribution in [0.15, 0.2) is 72.8 Å². The third kappa shape index (κ3) is 6.25. The Bertz CT molecular complexity index is 1660. The van der Waals surface area contributed by atoms with Gasteiger partial charge in [0.1, 0.15) is 23.7 Å². The van der Waals surface area contributed by atoms with E-state index in [0.29, 0.717) is 22.7 Å². The fraction of sp³-hybridized carbons (Fsp3) is 0.474. The van der Waals surface area contributed by atoms with Gasteiger partial charge in [0, 0.05) is 20.1 Å². The average Bonchev–Trinajstić information content (AvgIpc) is 3.47. The number of rotatable bonds is 7. The van der Waals surface area contributed by atoms with E-state index >= 15 is 0 Å². The number of cyclic esters (lactones) is 1. The number of esters is 1. The molecule has 0 bridgehead atoms. The summed E-state index contributed by atoms with van der Waals surface area (Å²) in [6.45, 7) is 5.39. The Balaban J connectivity index is 1.49. The van der Waals surface area contributed by atoms with Crippen molar-refractivity contribution in [1.29, 1.82) is 0 Å². The van der Waals surface area contributed by atoms with Gasteiger partial charge in [-0.2, -0.15) is 0 Å². The Morgan fingerprint density at radius 2 is 1.82 bits per heavy atom. The van der Waals surface area contributed by atoms with E-state index in [0.717, 1.165) is 5.56 Å². The smallest absolute Gasteiger partial charge is 0.313 e. The molecule has 4 aliphatic heterocycles. The minimum atomic E-state index is -1.58. The first-order valence-electron chi connectivity index (χ1n) is 17.1. The zero-order valence-electron chi connectivity index (χ0n) is 28.7. The number of halogens is 1. The highest BCUT2D eigenvalue weighted by molar-refractivity contribution is 6.34. The third-order valence-electron chi connectivity index (χ3n) is 10.3. The van der Waals surface area contributed by atoms with Crippen LogP contribution in [0.2, 0.25) is 5.02 Å². The van der Waals surface area contributed by atoms with Crippen LogP contribution in [0.25, 0.3) is 0 Å². The molecular formula is C38H44ClN3O8. The molecule has 12 heteroatoms. The van der Waals surface area contributed by atoms with Gasteiger partial charge in [-0.05, 0) is 36.5 Å². The minimum absolute atomic E-state index is 0.0578. The van der Waals surface area contributed by atoms with E-state index in [2.05, 4.69) is 5.32 Å². The zero-order chi connectivity index (χ0) is 35.7. The maximum absolute atomic E-state index is 15.0. The summed E-state index contributed by atoms with van der Waals surface area (Å²) in [5.41, 5.74) is 0.332. The molecule has 1 spiro atoms. The molecule has 4 aliphatic rings. The molecular weight excluding hydrogens is 662 g/mol. The average molecular weight is 706 g/mol. The fourth-order valence-corrected chi connectivity index (χ4v) is 8.30. The van der Waals surface area contributed by atoms with Crippen molar-refractivity contribution in [3.63, 3.8) is 0 Å². The molecule has 266 valence electrons. The van der Waals surface area contributed by atoms with Crippen molar-refractivity contribution in [3.05, 3.63) is 89.0 Å². The third-order valence-corrected chi connectivity index (χ3v) is 10.6. The van der Waals surface area contributed by atoms with Crippen molar-refractivity contribution in [2.45, 2.75) is 69.5 Å². The normalized spacial score (nSPS) is 31.2. The molecule has 0 radical (unpaired) electrons. The topological polar surface area (TPSA) is 135 Å². The lowest BCUT2D eigenvalue weighted by molar-refractivity contribution is -0.163. The van der Waals surface area contributed by atoms with Gasteiger partial charge in [-0.15, -0.1) is 0 Å². The Hall–Kier alpha value is -4.03. The van der Waals surface area contributed by atoms with Gasteiger partial charge in [0.05, 0.1) is 48.0 Å². The molecule has 4 heterocycles. The summed E-state index contributed by atoms with van der Waals surface area (Å²) in [4.78, 5) is 60.5. The first kappa shape index (κ1) is 35.8. The van der Waals surface area contributed by atoms with E-state index in [1.54, 1.807) is 53.5 Å². The van der Waals surface area contributed by atoms with Crippen molar-refractivity contribution in [2.24, 2.45) is 17.8 Å². The number of anilines is 1. The van der Waals surface area contributed by atoms with Gasteiger partial charge in [0.15, 0.2) is 0 Å². The molecule has 0 unspecified atom stereocenters. The number of nitrogens with zero attached hydrogens (tertiary/aromatic N) is 2. The molecule has 2 saturated heterocycles. The van der Waals surface area contributed by atoms with Crippen LogP contribution in [0.3, 0.4) is 0 Å². The number of aliphatic hydroxyl groups excluding tert-OH is 1. The van der Waals surface area contributed by atoms with Crippen LogP contribution in [-0.4, -0.2) is 90.4 Å². The number of carbonyl (C=O) groups is 4. The second-order valence-electron chi connectivity index (χ2n) is 13.7. The van der Waals surface area contributed by atoms with Gasteiger partial charge in [-0.1, -0.05) is 92.2 Å². The van der Waals surface area contributed by atoms with Crippen molar-refractivity contribution in [2.75, 3.05) is 31.8 Å². The van der Waals surface area contributed by atoms with Gasteiger partial charge in [0.2, 0.25) is 11.8 Å². The van der Waals surface area contributed by atoms with Crippen LogP contribution < -0.4 is 10.2 Å². The van der Waals surface area contributed by atoms with Crippen LogP contribution in [-0.2, 0) is 33.4 Å². The summed E-state index contributed by atoms with van der Waals surface area (Å²) < 4.78 is 18.6. The molecule has 0 aromatic heterocycles. The maximum atomic E-state index is 15.0. The molecule has 2 aromatic rings. The number of hydrogen-bond acceptors (Lipinski definition) is 8. The second kappa shape index (κ2) is 14.7. The first-order valence-corrected chi connectivity index (χ1v) is 17.5. The van der Waals surface area contributed by atoms with E-state index in [9.17, 15) is 24.3 Å². The summed E-state index contributed by atoms with van der Waals surface area (Å²) in [5, 5.41) is 14.0. The van der Waals surface area contributed by atoms with Gasteiger partial charge in [-0.3, -0.25) is 19.2 Å². The highest BCUT2D eigenvalue weighted by Gasteiger charge is 2.73. The Morgan fingerprint density at radius 1 is 1.06 bits per heavy atom. The van der Waals surface area contributed by atoms with Crippen molar-refractivity contribution < 1.29 is 38.5 Å². The molecule has 2 N–H and O–H groups in total. The second-order valence-corrected chi connectivity index (χ2v) is 14.1. The number of para-hydroxylation sites is 1. The number of aryl methyl sites for hydroxylation is 1. The first-order chi connectivity index (χ1) is 24.0. The summed E-state index contributed by atoms with van der Waals surface area (Å²) >= 11 is 6.68. The number of allylic oxidation sites excluding steroid dienone is 1. The van der Waals surface area contributed by atoms with Crippen LogP contribution in [0.1, 0.15) is 43.9 Å². The zero-order valence-corrected chi connectivity index (χ0v) is 29.4. The molecule has 11 nitrogen and oxygen atoms in total. The maximum Gasteiger partial charge on any atom is 0.313 e. The fourth-order valence-electron chi connectivity index (χ4n) is 7.97. The molecule has 2 fully saturated rings. The van der Waals surface area contributed by atoms with E-state index in [-0.39, 0.29) is 31.4 Å². The number of carbonyl (C=O) groups excluding carboxylic acids is 4. The standard InChI is InChI=1S/C38H44ClN3O8/c1-22(2)27(20-43)42-34-36(46)41(32-23(3)12-10-15-25(32)39)19-11-18-38(34)31(35(42)45)30-28(50-38)16-8-9-17-29(44)40-26(21-48-4)33(49-37(30)47)24-13-6-5-7-14-24/h5-8,10-16,18,22,26-28,30-31,33-34,43H,9,17,19-21H2,1-4H3,(H,40,44)/b16-8-/t26-,27-,28-,30+,31+,33-,34-,38+/m0/s1. The number of hydrogen-bond donors (Lipinski definition) is 2. The quantitative estimate of drug-likeness (QED) is 0.327. The number of ether oxygens (including phenoxy) is 3. The van der Waals surface area contributed by atoms with Crippen molar-refractivity contribution >= 4 is 41.0 Å². The summed E-state index contributed by atoms with van der Waals surface area (Å²) in [6.07, 6.45) is 5.55. The highest BCUT2D eigenvalue weighted by atomic mass is 35.5. The summed E-state index contributed by atoms with van der Waals surface area (Å²) in [6, 6.07) is 11.7. The number of nitrogens with one attached hydrogen (secondary N) is 1. The lowest BCUT2D eigenvalue weighted by Crippen LogP contribution is -2.59. The van der Waals surface area contributed by atoms with Gasteiger partial charge in [0.25, 0.3) is 5.91 Å².